The first-order valence-electron chi connectivity index (χ1n) is 6.12. The number of nitro benzene ring substituents is 1. The summed E-state index contributed by atoms with van der Waals surface area (Å²) in [5.41, 5.74) is -0.431. The van der Waals surface area contributed by atoms with Gasteiger partial charge in [0.25, 0.3) is 5.69 Å². The van der Waals surface area contributed by atoms with Gasteiger partial charge in [0, 0.05) is 6.07 Å². The Morgan fingerprint density at radius 3 is 2.52 bits per heavy atom. The van der Waals surface area contributed by atoms with Gasteiger partial charge in [-0.05, 0) is 25.2 Å². The van der Waals surface area contributed by atoms with Crippen molar-refractivity contribution < 1.29 is 17.8 Å². The fourth-order valence-electron chi connectivity index (χ4n) is 1.91. The Labute approximate surface area is 121 Å². The lowest BCUT2D eigenvalue weighted by Gasteiger charge is -2.03. The fourth-order valence-corrected chi connectivity index (χ4v) is 3.34. The Morgan fingerprint density at radius 2 is 1.86 bits per heavy atom. The van der Waals surface area contributed by atoms with Crippen LogP contribution in [0.25, 0.3) is 0 Å². The van der Waals surface area contributed by atoms with E-state index >= 15 is 0 Å². The predicted molar refractivity (Wildman–Crippen MR) is 75.5 cm³/mol. The number of sulfone groups is 1. The number of rotatable bonds is 6. The zero-order valence-corrected chi connectivity index (χ0v) is 12.1. The Kier molecular flexibility index (Phi) is 4.39. The highest BCUT2D eigenvalue weighted by Crippen LogP contribution is 2.26. The Balaban J connectivity index is 2.32. The molecule has 0 saturated heterocycles. The molecule has 1 aromatic heterocycles. The van der Waals surface area contributed by atoms with Crippen molar-refractivity contribution in [3.05, 3.63) is 58.0 Å². The second kappa shape index (κ2) is 6.06. The maximum Gasteiger partial charge on any atom is 0.287 e. The van der Waals surface area contributed by atoms with Crippen molar-refractivity contribution in [1.29, 1.82) is 0 Å². The minimum atomic E-state index is -3.85. The van der Waals surface area contributed by atoms with Gasteiger partial charge in [-0.25, -0.2) is 8.42 Å². The van der Waals surface area contributed by atoms with E-state index in [9.17, 15) is 18.5 Å². The van der Waals surface area contributed by atoms with E-state index in [0.717, 1.165) is 0 Å². The van der Waals surface area contributed by atoms with Gasteiger partial charge in [0.15, 0.2) is 9.84 Å². The topological polar surface area (TPSA) is 102 Å². The van der Waals surface area contributed by atoms with Gasteiger partial charge in [-0.3, -0.25) is 10.1 Å². The lowest BCUT2D eigenvalue weighted by molar-refractivity contribution is -0.387. The van der Waals surface area contributed by atoms with E-state index in [1.54, 1.807) is 19.2 Å². The van der Waals surface area contributed by atoms with Crippen LogP contribution >= 0.6 is 0 Å². The number of nitrogens with zero attached hydrogens (tertiary/aromatic N) is 1. The highest BCUT2D eigenvalue weighted by Gasteiger charge is 2.26. The first-order valence-corrected chi connectivity index (χ1v) is 7.77. The molecule has 0 atom stereocenters. The van der Waals surface area contributed by atoms with Crippen molar-refractivity contribution in [1.82, 2.24) is 5.32 Å². The summed E-state index contributed by atoms with van der Waals surface area (Å²) in [5, 5.41) is 13.8. The van der Waals surface area contributed by atoms with Gasteiger partial charge in [0.05, 0.1) is 11.5 Å². The molecule has 0 spiro atoms. The standard InChI is InChI=1S/C13H14N2O5S/c1-14-8-10-6-7-11(20-10)9-21(18,19)13-5-3-2-4-12(13)15(16)17/h2-7,14H,8-9H2,1H3. The lowest BCUT2D eigenvalue weighted by Crippen LogP contribution is -2.07. The quantitative estimate of drug-likeness (QED) is 0.645. The summed E-state index contributed by atoms with van der Waals surface area (Å²) in [6.07, 6.45) is 0. The minimum Gasteiger partial charge on any atom is -0.464 e. The Bertz CT molecular complexity index is 751. The van der Waals surface area contributed by atoms with E-state index in [2.05, 4.69) is 5.32 Å². The molecular weight excluding hydrogens is 296 g/mol. The molecule has 7 nitrogen and oxygen atoms in total. The average molecular weight is 310 g/mol. The number of hydrogen-bond donors (Lipinski definition) is 1. The zero-order chi connectivity index (χ0) is 15.5. The second-order valence-corrected chi connectivity index (χ2v) is 6.34. The highest BCUT2D eigenvalue weighted by atomic mass is 32.2. The summed E-state index contributed by atoms with van der Waals surface area (Å²) in [5.74, 6) is 0.436. The molecule has 0 aliphatic heterocycles. The van der Waals surface area contributed by atoms with Crippen molar-refractivity contribution in [2.75, 3.05) is 7.05 Å². The molecule has 0 unspecified atom stereocenters. The molecule has 2 aromatic rings. The lowest BCUT2D eigenvalue weighted by atomic mass is 10.3. The van der Waals surface area contributed by atoms with Gasteiger partial charge in [-0.2, -0.15) is 0 Å². The molecule has 0 radical (unpaired) electrons. The van der Waals surface area contributed by atoms with E-state index in [-0.39, 0.29) is 10.7 Å². The minimum absolute atomic E-state index is 0.249. The molecule has 0 fully saturated rings. The highest BCUT2D eigenvalue weighted by molar-refractivity contribution is 7.90. The van der Waals surface area contributed by atoms with Gasteiger partial charge < -0.3 is 9.73 Å². The molecular formula is C13H14N2O5S. The van der Waals surface area contributed by atoms with Crippen molar-refractivity contribution in [3.8, 4) is 0 Å². The summed E-state index contributed by atoms with van der Waals surface area (Å²) in [7, 11) is -2.10. The Morgan fingerprint density at radius 1 is 1.19 bits per heavy atom. The van der Waals surface area contributed by atoms with Crippen LogP contribution in [0.5, 0.6) is 0 Å². The van der Waals surface area contributed by atoms with Crippen LogP contribution in [0.4, 0.5) is 5.69 Å². The molecule has 112 valence electrons. The molecule has 1 heterocycles. The largest absolute Gasteiger partial charge is 0.464 e. The molecule has 1 aromatic carbocycles. The first kappa shape index (κ1) is 15.2. The van der Waals surface area contributed by atoms with Crippen LogP contribution in [0.15, 0.2) is 45.7 Å². The van der Waals surface area contributed by atoms with Gasteiger partial charge in [-0.15, -0.1) is 0 Å². The van der Waals surface area contributed by atoms with Crippen LogP contribution in [0, 0.1) is 10.1 Å². The maximum atomic E-state index is 12.3. The van der Waals surface area contributed by atoms with E-state index in [1.165, 1.54) is 24.3 Å². The third-order valence-corrected chi connectivity index (χ3v) is 4.48. The van der Waals surface area contributed by atoms with E-state index in [4.69, 9.17) is 4.42 Å². The van der Waals surface area contributed by atoms with E-state index < -0.39 is 26.2 Å². The molecule has 0 aliphatic carbocycles. The van der Waals surface area contributed by atoms with Crippen LogP contribution in [-0.4, -0.2) is 20.4 Å². The molecule has 2 rings (SSSR count). The van der Waals surface area contributed by atoms with Gasteiger partial charge >= 0.3 is 0 Å². The molecule has 8 heteroatoms. The first-order chi connectivity index (χ1) is 9.94. The molecule has 0 bridgehead atoms. The van der Waals surface area contributed by atoms with Crippen LogP contribution in [0.2, 0.25) is 0 Å². The second-order valence-electron chi connectivity index (χ2n) is 4.38. The van der Waals surface area contributed by atoms with E-state index in [0.29, 0.717) is 12.3 Å². The zero-order valence-electron chi connectivity index (χ0n) is 11.3. The molecule has 0 aliphatic rings. The summed E-state index contributed by atoms with van der Waals surface area (Å²) >= 11 is 0. The SMILES string of the molecule is CNCc1ccc(CS(=O)(=O)c2ccccc2[N+](=O)[O-])o1. The molecule has 21 heavy (non-hydrogen) atoms. The van der Waals surface area contributed by atoms with Gasteiger partial charge in [0.2, 0.25) is 0 Å². The maximum absolute atomic E-state index is 12.3. The van der Waals surface area contributed by atoms with E-state index in [1.807, 2.05) is 0 Å². The Hall–Kier alpha value is -2.19. The number of benzene rings is 1. The van der Waals surface area contributed by atoms with Crippen LogP contribution in [-0.2, 0) is 22.1 Å². The van der Waals surface area contributed by atoms with Crippen molar-refractivity contribution in [3.63, 3.8) is 0 Å². The fraction of sp³-hybridized carbons (Fsp3) is 0.231. The third kappa shape index (κ3) is 3.47. The van der Waals surface area contributed by atoms with Crippen LogP contribution in [0.1, 0.15) is 11.5 Å². The van der Waals surface area contributed by atoms with Gasteiger partial charge in [-0.1, -0.05) is 12.1 Å². The molecule has 0 saturated carbocycles. The normalized spacial score (nSPS) is 11.5. The van der Waals surface area contributed by atoms with Crippen molar-refractivity contribution >= 4 is 15.5 Å². The summed E-state index contributed by atoms with van der Waals surface area (Å²) in [4.78, 5) is 9.91. The average Bonchev–Trinajstić information content (AvgIpc) is 2.86. The molecule has 0 amide bonds. The monoisotopic (exact) mass is 310 g/mol. The number of hydrogen-bond acceptors (Lipinski definition) is 6. The number of furan rings is 1. The number of para-hydroxylation sites is 1. The van der Waals surface area contributed by atoms with Gasteiger partial charge in [0.1, 0.15) is 22.2 Å². The van der Waals surface area contributed by atoms with Crippen molar-refractivity contribution in [2.45, 2.75) is 17.2 Å². The smallest absolute Gasteiger partial charge is 0.287 e. The number of nitro groups is 1. The number of nitrogens with one attached hydrogen (secondary N) is 1. The summed E-state index contributed by atoms with van der Waals surface area (Å²) in [6, 6.07) is 8.50. The predicted octanol–water partition coefficient (Wildman–Crippen LogP) is 1.88. The summed E-state index contributed by atoms with van der Waals surface area (Å²) < 4.78 is 30.0. The third-order valence-electron chi connectivity index (χ3n) is 2.80. The van der Waals surface area contributed by atoms with Crippen molar-refractivity contribution in [2.24, 2.45) is 0 Å². The van der Waals surface area contributed by atoms with Crippen LogP contribution in [0.3, 0.4) is 0 Å². The summed E-state index contributed by atoms with van der Waals surface area (Å²) in [6.45, 7) is 0.478. The molecule has 1 N–H and O–H groups in total. The van der Waals surface area contributed by atoms with Crippen LogP contribution < -0.4 is 5.32 Å².